The Labute approximate surface area is 126 Å². The van der Waals surface area contributed by atoms with Crippen LogP contribution in [0.5, 0.6) is 0 Å². The van der Waals surface area contributed by atoms with Gasteiger partial charge in [-0.15, -0.1) is 0 Å². The number of carboxylic acid groups (broad SMARTS) is 4. The molecule has 0 aliphatic carbocycles. The van der Waals surface area contributed by atoms with Gasteiger partial charge in [0.05, 0.1) is 6.54 Å². The first kappa shape index (κ1) is 22.1. The number of aliphatic carboxylic acids is 4. The third-order valence-electron chi connectivity index (χ3n) is 2.31. The fraction of sp³-hybridized carbons (Fsp3) is 0.667. The van der Waals surface area contributed by atoms with Crippen LogP contribution in [0, 0.1) is 0 Å². The molecule has 0 aromatic carbocycles. The Balaban J connectivity index is 0. The number of rotatable bonds is 6. The highest BCUT2D eigenvalue weighted by Gasteiger charge is 2.20. The van der Waals surface area contributed by atoms with E-state index in [-0.39, 0.29) is 31.8 Å². The van der Waals surface area contributed by atoms with E-state index in [1.165, 1.54) is 0 Å². The smallest absolute Gasteiger partial charge is 0.320 e. The molecule has 1 saturated heterocycles. The Morgan fingerprint density at radius 2 is 1.41 bits per heavy atom. The van der Waals surface area contributed by atoms with Crippen LogP contribution in [-0.2, 0) is 19.2 Å². The van der Waals surface area contributed by atoms with E-state index in [2.05, 4.69) is 11.1 Å². The van der Waals surface area contributed by atoms with Crippen LogP contribution in [0.1, 0.15) is 32.1 Å². The van der Waals surface area contributed by atoms with Gasteiger partial charge in [-0.1, -0.05) is 0 Å². The van der Waals surface area contributed by atoms with Crippen molar-refractivity contribution < 1.29 is 39.6 Å². The zero-order valence-electron chi connectivity index (χ0n) is 12.0. The van der Waals surface area contributed by atoms with Gasteiger partial charge in [-0.25, -0.2) is 0 Å². The van der Waals surface area contributed by atoms with Crippen LogP contribution >= 0.6 is 0 Å². The van der Waals surface area contributed by atoms with Crippen molar-refractivity contribution in [2.24, 2.45) is 5.73 Å². The number of carboxylic acids is 4. The number of nitrogens with one attached hydrogen (secondary N) is 1. The molecule has 1 heterocycles. The molecule has 1 fully saturated rings. The van der Waals surface area contributed by atoms with Crippen molar-refractivity contribution in [3.63, 3.8) is 0 Å². The lowest BCUT2D eigenvalue weighted by molar-refractivity contribution is -0.140. The van der Waals surface area contributed by atoms with Gasteiger partial charge in [-0.2, -0.15) is 0 Å². The van der Waals surface area contributed by atoms with Crippen LogP contribution in [-0.4, -0.2) is 63.4 Å². The molecule has 0 aromatic heterocycles. The van der Waals surface area contributed by atoms with Crippen LogP contribution < -0.4 is 11.1 Å². The van der Waals surface area contributed by atoms with Crippen molar-refractivity contribution in [3.05, 3.63) is 0 Å². The molecule has 1 aliphatic heterocycles. The fourth-order valence-corrected chi connectivity index (χ4v) is 1.29. The van der Waals surface area contributed by atoms with E-state index in [9.17, 15) is 19.2 Å². The highest BCUT2D eigenvalue weighted by molar-refractivity contribution is 5.73. The minimum absolute atomic E-state index is 0.0632. The van der Waals surface area contributed by atoms with Gasteiger partial charge in [0.15, 0.2) is 0 Å². The Bertz CT molecular complexity index is 352. The summed E-state index contributed by atoms with van der Waals surface area (Å²) in [5, 5.41) is 34.9. The maximum absolute atomic E-state index is 10.1. The molecule has 1 atom stereocenters. The SMILES string of the molecule is NCC(=O)O.O=C(O)CCCC(=O)O.O=C(O)[C@@H]1CCCN1. The topological polar surface area (TPSA) is 187 Å². The first-order valence-electron chi connectivity index (χ1n) is 6.52. The maximum atomic E-state index is 10.1. The van der Waals surface area contributed by atoms with Gasteiger partial charge in [-0.05, 0) is 25.8 Å². The summed E-state index contributed by atoms with van der Waals surface area (Å²) >= 11 is 0. The normalized spacial score (nSPS) is 15.6. The van der Waals surface area contributed by atoms with Gasteiger partial charge in [0.1, 0.15) is 6.04 Å². The Morgan fingerprint density at radius 3 is 1.59 bits per heavy atom. The summed E-state index contributed by atoms with van der Waals surface area (Å²) in [4.78, 5) is 39.0. The number of hydrogen-bond acceptors (Lipinski definition) is 6. The van der Waals surface area contributed by atoms with Crippen LogP contribution in [0.15, 0.2) is 0 Å². The van der Waals surface area contributed by atoms with Crippen molar-refractivity contribution in [1.82, 2.24) is 5.32 Å². The molecule has 22 heavy (non-hydrogen) atoms. The standard InChI is InChI=1S/C5H9NO2.C5H8O4.C2H5NO2/c7-5(8)4-2-1-3-6-4;6-4(7)2-1-3-5(8)9;3-1-2(4)5/h4,6H,1-3H2,(H,7,8);1-3H2,(H,6,7)(H,8,9);1,3H2,(H,4,5)/t4-;;/m0../s1. The van der Waals surface area contributed by atoms with E-state index in [0.717, 1.165) is 19.4 Å². The first-order valence-corrected chi connectivity index (χ1v) is 6.52. The average molecular weight is 322 g/mol. The third-order valence-corrected chi connectivity index (χ3v) is 2.31. The molecule has 10 nitrogen and oxygen atoms in total. The van der Waals surface area contributed by atoms with E-state index in [4.69, 9.17) is 20.4 Å². The molecule has 0 aromatic rings. The fourth-order valence-electron chi connectivity index (χ4n) is 1.29. The minimum atomic E-state index is -0.968. The lowest BCUT2D eigenvalue weighted by atomic mass is 10.2. The molecule has 0 amide bonds. The largest absolute Gasteiger partial charge is 0.481 e. The van der Waals surface area contributed by atoms with E-state index in [0.29, 0.717) is 0 Å². The quantitative estimate of drug-likeness (QED) is 0.360. The minimum Gasteiger partial charge on any atom is -0.481 e. The van der Waals surface area contributed by atoms with Crippen molar-refractivity contribution in [2.75, 3.05) is 13.1 Å². The van der Waals surface area contributed by atoms with Crippen LogP contribution in [0.4, 0.5) is 0 Å². The zero-order valence-corrected chi connectivity index (χ0v) is 12.0. The zero-order chi connectivity index (χ0) is 17.5. The molecule has 0 spiro atoms. The van der Waals surface area contributed by atoms with E-state index in [1.807, 2.05) is 0 Å². The highest BCUT2D eigenvalue weighted by atomic mass is 16.4. The molecule has 0 saturated carbocycles. The van der Waals surface area contributed by atoms with Crippen molar-refractivity contribution >= 4 is 23.9 Å². The van der Waals surface area contributed by atoms with Crippen LogP contribution in [0.2, 0.25) is 0 Å². The second-order valence-corrected chi connectivity index (χ2v) is 4.23. The lowest BCUT2D eigenvalue weighted by Gasteiger charge is -1.99. The summed E-state index contributed by atoms with van der Waals surface area (Å²) in [6.45, 7) is 0.580. The molecule has 1 aliphatic rings. The number of carbonyl (C=O) groups is 4. The molecule has 1 rings (SSSR count). The molecule has 0 bridgehead atoms. The van der Waals surface area contributed by atoms with Crippen LogP contribution in [0.3, 0.4) is 0 Å². The lowest BCUT2D eigenvalue weighted by Crippen LogP contribution is -2.29. The molecule has 7 N–H and O–H groups in total. The summed E-state index contributed by atoms with van der Waals surface area (Å²) < 4.78 is 0. The summed E-state index contributed by atoms with van der Waals surface area (Å²) in [5.41, 5.74) is 4.57. The Kier molecular flexibility index (Phi) is 13.8. The van der Waals surface area contributed by atoms with E-state index >= 15 is 0 Å². The number of hydrogen-bond donors (Lipinski definition) is 6. The predicted octanol–water partition coefficient (Wildman–Crippen LogP) is -0.821. The van der Waals surface area contributed by atoms with E-state index < -0.39 is 23.9 Å². The maximum Gasteiger partial charge on any atom is 0.320 e. The second-order valence-electron chi connectivity index (χ2n) is 4.23. The Morgan fingerprint density at radius 1 is 0.955 bits per heavy atom. The van der Waals surface area contributed by atoms with Crippen molar-refractivity contribution in [2.45, 2.75) is 38.1 Å². The van der Waals surface area contributed by atoms with Gasteiger partial charge in [0, 0.05) is 12.8 Å². The monoisotopic (exact) mass is 322 g/mol. The second kappa shape index (κ2) is 13.8. The molecular formula is C12H22N2O8. The van der Waals surface area contributed by atoms with Crippen molar-refractivity contribution in [1.29, 1.82) is 0 Å². The van der Waals surface area contributed by atoms with Gasteiger partial charge in [-0.3, -0.25) is 19.2 Å². The van der Waals surface area contributed by atoms with Gasteiger partial charge < -0.3 is 31.5 Å². The van der Waals surface area contributed by atoms with Crippen LogP contribution in [0.25, 0.3) is 0 Å². The summed E-state index contributed by atoms with van der Waals surface area (Å²) in [6, 6.07) is -0.269. The first-order chi connectivity index (χ1) is 10.2. The van der Waals surface area contributed by atoms with Gasteiger partial charge >= 0.3 is 23.9 Å². The molecule has 0 radical (unpaired) electrons. The molecule has 10 heteroatoms. The van der Waals surface area contributed by atoms with Gasteiger partial charge in [0.2, 0.25) is 0 Å². The molecule has 128 valence electrons. The van der Waals surface area contributed by atoms with Crippen molar-refractivity contribution in [3.8, 4) is 0 Å². The summed E-state index contributed by atoms with van der Waals surface area (Å²) in [6.07, 6.45) is 1.87. The molecular weight excluding hydrogens is 300 g/mol. The Hall–Kier alpha value is -2.20. The summed E-state index contributed by atoms with van der Waals surface area (Å²) in [7, 11) is 0. The molecule has 0 unspecified atom stereocenters. The number of nitrogens with two attached hydrogens (primary N) is 1. The summed E-state index contributed by atoms with van der Waals surface area (Å²) in [5.74, 6) is -3.58. The van der Waals surface area contributed by atoms with E-state index in [1.54, 1.807) is 0 Å². The average Bonchev–Trinajstić information content (AvgIpc) is 2.93. The van der Waals surface area contributed by atoms with Gasteiger partial charge in [0.25, 0.3) is 0 Å². The third kappa shape index (κ3) is 17.8. The predicted molar refractivity (Wildman–Crippen MR) is 74.5 cm³/mol. The highest BCUT2D eigenvalue weighted by Crippen LogP contribution is 2.03.